The fraction of sp³-hybridized carbons (Fsp3) is 0.333. The van der Waals surface area contributed by atoms with Crippen molar-refractivity contribution in [1.29, 1.82) is 0 Å². The number of carboxylic acid groups (broad SMARTS) is 2. The highest BCUT2D eigenvalue weighted by Gasteiger charge is 2.27. The Labute approximate surface area is 209 Å². The van der Waals surface area contributed by atoms with E-state index in [1.165, 1.54) is 24.8 Å². The van der Waals surface area contributed by atoms with E-state index < -0.39 is 11.9 Å². The topological polar surface area (TPSA) is 123 Å². The Morgan fingerprint density at radius 1 is 0.944 bits per heavy atom. The van der Waals surface area contributed by atoms with Crippen molar-refractivity contribution in [3.8, 4) is 0 Å². The lowest BCUT2D eigenvalue weighted by molar-refractivity contribution is -0.159. The van der Waals surface area contributed by atoms with Crippen LogP contribution in [0, 0.1) is 6.92 Å². The molecule has 36 heavy (non-hydrogen) atoms. The Hall–Kier alpha value is -3.98. The molecule has 9 heteroatoms. The number of pyridine rings is 1. The molecule has 2 aliphatic rings. The summed E-state index contributed by atoms with van der Waals surface area (Å²) in [5.74, 6) is -2.61. The first kappa shape index (κ1) is 25.1. The third kappa shape index (κ3) is 5.80. The molecule has 2 aliphatic heterocycles. The van der Waals surface area contributed by atoms with Crippen LogP contribution in [0.15, 0.2) is 48.5 Å². The number of amides is 1. The second kappa shape index (κ2) is 11.2. The predicted octanol–water partition coefficient (Wildman–Crippen LogP) is 3.82. The molecule has 9 nitrogen and oxygen atoms in total. The molecule has 5 rings (SSSR count). The first-order chi connectivity index (χ1) is 17.3. The highest BCUT2D eigenvalue weighted by Crippen LogP contribution is 2.40. The van der Waals surface area contributed by atoms with E-state index in [-0.39, 0.29) is 5.91 Å². The average molecular weight is 491 g/mol. The van der Waals surface area contributed by atoms with Crippen LogP contribution in [-0.4, -0.2) is 64.1 Å². The summed E-state index contributed by atoms with van der Waals surface area (Å²) in [4.78, 5) is 40.7. The number of fused-ring (bicyclic) bond motifs is 2. The molecular formula is C27H30N4O5. The van der Waals surface area contributed by atoms with Crippen molar-refractivity contribution < 1.29 is 24.6 Å². The van der Waals surface area contributed by atoms with E-state index in [0.29, 0.717) is 6.54 Å². The summed E-state index contributed by atoms with van der Waals surface area (Å²) in [6.07, 6.45) is 4.52. The summed E-state index contributed by atoms with van der Waals surface area (Å²) in [7, 11) is 0. The molecule has 1 amide bonds. The van der Waals surface area contributed by atoms with Crippen molar-refractivity contribution in [2.45, 2.75) is 32.6 Å². The van der Waals surface area contributed by atoms with Gasteiger partial charge in [0.15, 0.2) is 0 Å². The first-order valence-corrected chi connectivity index (χ1v) is 12.1. The monoisotopic (exact) mass is 490 g/mol. The maximum absolute atomic E-state index is 12.9. The van der Waals surface area contributed by atoms with E-state index in [0.717, 1.165) is 59.7 Å². The van der Waals surface area contributed by atoms with Gasteiger partial charge < -0.3 is 20.4 Å². The number of piperidine rings is 1. The summed E-state index contributed by atoms with van der Waals surface area (Å²) < 4.78 is 0. The molecule has 1 saturated heterocycles. The van der Waals surface area contributed by atoms with Crippen LogP contribution in [0.3, 0.4) is 0 Å². The third-order valence-electron chi connectivity index (χ3n) is 6.39. The van der Waals surface area contributed by atoms with Crippen molar-refractivity contribution in [2.75, 3.05) is 36.4 Å². The number of likely N-dealkylation sites (tertiary alicyclic amines) is 1. The van der Waals surface area contributed by atoms with Gasteiger partial charge in [0.25, 0.3) is 0 Å². The number of aromatic nitrogens is 1. The lowest BCUT2D eigenvalue weighted by atomic mass is 10.1. The number of nitrogens with one attached hydrogen (secondary N) is 1. The summed E-state index contributed by atoms with van der Waals surface area (Å²) in [5.41, 5.74) is 5.39. The summed E-state index contributed by atoms with van der Waals surface area (Å²) in [6, 6.07) is 16.6. The van der Waals surface area contributed by atoms with E-state index in [9.17, 15) is 4.79 Å². The zero-order chi connectivity index (χ0) is 25.7. The predicted molar refractivity (Wildman–Crippen MR) is 138 cm³/mol. The van der Waals surface area contributed by atoms with Gasteiger partial charge in [0.1, 0.15) is 5.82 Å². The summed E-state index contributed by atoms with van der Waals surface area (Å²) in [6.45, 7) is 5.48. The second-order valence-corrected chi connectivity index (χ2v) is 9.04. The van der Waals surface area contributed by atoms with Crippen LogP contribution in [0.1, 0.15) is 30.4 Å². The van der Waals surface area contributed by atoms with Gasteiger partial charge in [-0.25, -0.2) is 14.6 Å². The number of nitrogens with zero attached hydrogens (tertiary/aromatic N) is 3. The van der Waals surface area contributed by atoms with E-state index in [1.54, 1.807) is 0 Å². The number of carbonyl (C=O) groups excluding carboxylic acids is 1. The van der Waals surface area contributed by atoms with Crippen molar-refractivity contribution in [2.24, 2.45) is 0 Å². The quantitative estimate of drug-likeness (QED) is 0.472. The van der Waals surface area contributed by atoms with Crippen molar-refractivity contribution >= 4 is 45.9 Å². The van der Waals surface area contributed by atoms with Gasteiger partial charge in [0, 0.05) is 23.2 Å². The van der Waals surface area contributed by atoms with Crippen LogP contribution in [0.5, 0.6) is 0 Å². The average Bonchev–Trinajstić information content (AvgIpc) is 3.28. The van der Waals surface area contributed by atoms with Crippen LogP contribution in [0.2, 0.25) is 0 Å². The number of aliphatic carboxylic acids is 2. The van der Waals surface area contributed by atoms with E-state index in [1.807, 2.05) is 18.2 Å². The first-order valence-electron chi connectivity index (χ1n) is 12.1. The summed E-state index contributed by atoms with van der Waals surface area (Å²) >= 11 is 0. The number of para-hydroxylation sites is 1. The van der Waals surface area contributed by atoms with Crippen LogP contribution in [0.25, 0.3) is 10.9 Å². The number of anilines is 3. The number of hydrogen-bond acceptors (Lipinski definition) is 6. The highest BCUT2D eigenvalue weighted by atomic mass is 16.4. The maximum atomic E-state index is 12.9. The zero-order valence-corrected chi connectivity index (χ0v) is 20.2. The number of aryl methyl sites for hydroxylation is 1. The van der Waals surface area contributed by atoms with Crippen molar-refractivity contribution in [3.63, 3.8) is 0 Å². The molecule has 0 aliphatic carbocycles. The van der Waals surface area contributed by atoms with E-state index >= 15 is 0 Å². The van der Waals surface area contributed by atoms with E-state index in [4.69, 9.17) is 24.8 Å². The molecule has 0 radical (unpaired) electrons. The number of rotatable bonds is 4. The standard InChI is InChI=1S/C25H28N4O.C2H2O4/c1-18-8-7-9-19(16-18)29-15-12-21-24(20-10-3-4-11-22(20)26-25(21)29)27-23(30)17-28-13-5-2-6-14-28;3-1(4)2(5)6/h3-4,7-11,16H,2,5-6,12-15,17H2,1H3,(H,26,27,30);(H,3,4)(H,5,6). The van der Waals surface area contributed by atoms with Crippen molar-refractivity contribution in [1.82, 2.24) is 9.88 Å². The Balaban J connectivity index is 0.000000455. The lowest BCUT2D eigenvalue weighted by Crippen LogP contribution is -2.37. The molecule has 0 atom stereocenters. The minimum atomic E-state index is -1.82. The molecule has 3 heterocycles. The minimum Gasteiger partial charge on any atom is -0.473 e. The molecule has 1 fully saturated rings. The molecule has 0 bridgehead atoms. The number of carbonyl (C=O) groups is 3. The van der Waals surface area contributed by atoms with Gasteiger partial charge >= 0.3 is 11.9 Å². The van der Waals surface area contributed by atoms with Gasteiger partial charge in [0.2, 0.25) is 5.91 Å². The Morgan fingerprint density at radius 2 is 1.67 bits per heavy atom. The van der Waals surface area contributed by atoms with Gasteiger partial charge in [-0.2, -0.15) is 0 Å². The molecule has 2 aromatic carbocycles. The number of benzene rings is 2. The van der Waals surface area contributed by atoms with Gasteiger partial charge in [-0.15, -0.1) is 0 Å². The fourth-order valence-corrected chi connectivity index (χ4v) is 4.72. The molecule has 3 N–H and O–H groups in total. The zero-order valence-electron chi connectivity index (χ0n) is 20.2. The van der Waals surface area contributed by atoms with Gasteiger partial charge in [-0.1, -0.05) is 36.8 Å². The molecule has 0 unspecified atom stereocenters. The number of hydrogen-bond donors (Lipinski definition) is 3. The molecule has 0 spiro atoms. The van der Waals surface area contributed by atoms with Crippen LogP contribution >= 0.6 is 0 Å². The second-order valence-electron chi connectivity index (χ2n) is 9.04. The Bertz CT molecular complexity index is 1270. The van der Waals surface area contributed by atoms with E-state index in [2.05, 4.69) is 52.4 Å². The molecule has 0 saturated carbocycles. The van der Waals surface area contributed by atoms with Crippen LogP contribution in [0.4, 0.5) is 17.2 Å². The van der Waals surface area contributed by atoms with Crippen molar-refractivity contribution in [3.05, 3.63) is 59.7 Å². The smallest absolute Gasteiger partial charge is 0.414 e. The minimum absolute atomic E-state index is 0.0736. The Kier molecular flexibility index (Phi) is 7.80. The normalized spacial score (nSPS) is 15.1. The third-order valence-corrected chi connectivity index (χ3v) is 6.39. The molecular weight excluding hydrogens is 460 g/mol. The maximum Gasteiger partial charge on any atom is 0.414 e. The molecule has 1 aromatic heterocycles. The van der Waals surface area contributed by atoms with Gasteiger partial charge in [-0.05, 0) is 63.0 Å². The summed E-state index contributed by atoms with van der Waals surface area (Å²) in [5, 5.41) is 19.1. The lowest BCUT2D eigenvalue weighted by Gasteiger charge is -2.26. The fourth-order valence-electron chi connectivity index (χ4n) is 4.72. The van der Waals surface area contributed by atoms with Crippen LogP contribution < -0.4 is 10.2 Å². The van der Waals surface area contributed by atoms with Gasteiger partial charge in [-0.3, -0.25) is 9.69 Å². The molecule has 188 valence electrons. The Morgan fingerprint density at radius 3 is 2.36 bits per heavy atom. The largest absolute Gasteiger partial charge is 0.473 e. The van der Waals surface area contributed by atoms with Gasteiger partial charge in [0.05, 0.1) is 17.7 Å². The number of carboxylic acids is 2. The molecule has 3 aromatic rings. The van der Waals surface area contributed by atoms with Crippen LogP contribution in [-0.2, 0) is 20.8 Å². The highest BCUT2D eigenvalue weighted by molar-refractivity contribution is 6.27. The SMILES string of the molecule is Cc1cccc(N2CCc3c2nc2ccccc2c3NC(=O)CN2CCCCC2)c1.O=C(O)C(=O)O.